The van der Waals surface area contributed by atoms with Crippen LogP contribution in [0, 0.1) is 0 Å². The summed E-state index contributed by atoms with van der Waals surface area (Å²) in [6.45, 7) is 0.403. The second-order valence-corrected chi connectivity index (χ2v) is 2.61. The van der Waals surface area contributed by atoms with Crippen molar-refractivity contribution in [2.45, 2.75) is 6.54 Å². The molecular formula is C9H14N2O2. The number of anilines is 1. The molecule has 0 aromatic heterocycles. The molecule has 1 rings (SSSR count). The average molecular weight is 182 g/mol. The van der Waals surface area contributed by atoms with E-state index in [1.165, 1.54) is 0 Å². The van der Waals surface area contributed by atoms with Gasteiger partial charge in [-0.3, -0.25) is 0 Å². The third-order valence-electron chi connectivity index (χ3n) is 1.85. The van der Waals surface area contributed by atoms with E-state index in [1.807, 2.05) is 0 Å². The molecular weight excluding hydrogens is 168 g/mol. The lowest BCUT2D eigenvalue weighted by Crippen LogP contribution is -2.02. The number of nitrogen functional groups attached to an aromatic ring is 1. The fourth-order valence-electron chi connectivity index (χ4n) is 1.14. The maximum atomic E-state index is 5.69. The number of hydrogen-bond donors (Lipinski definition) is 2. The van der Waals surface area contributed by atoms with Crippen LogP contribution in [0.3, 0.4) is 0 Å². The van der Waals surface area contributed by atoms with Gasteiger partial charge in [-0.2, -0.15) is 0 Å². The summed E-state index contributed by atoms with van der Waals surface area (Å²) in [5.41, 5.74) is 12.6. The predicted molar refractivity (Wildman–Crippen MR) is 51.8 cm³/mol. The van der Waals surface area contributed by atoms with Gasteiger partial charge in [0.05, 0.1) is 19.9 Å². The van der Waals surface area contributed by atoms with Gasteiger partial charge in [-0.25, -0.2) is 0 Å². The highest BCUT2D eigenvalue weighted by Gasteiger charge is 2.06. The second-order valence-electron chi connectivity index (χ2n) is 2.61. The molecule has 0 radical (unpaired) electrons. The van der Waals surface area contributed by atoms with Crippen LogP contribution in [0.2, 0.25) is 0 Å². The Labute approximate surface area is 77.4 Å². The van der Waals surface area contributed by atoms with E-state index in [0.29, 0.717) is 23.7 Å². The average Bonchev–Trinajstić information content (AvgIpc) is 2.17. The lowest BCUT2D eigenvalue weighted by molar-refractivity contribution is 0.400. The monoisotopic (exact) mass is 182 g/mol. The van der Waals surface area contributed by atoms with Crippen LogP contribution >= 0.6 is 0 Å². The Kier molecular flexibility index (Phi) is 2.97. The van der Waals surface area contributed by atoms with Gasteiger partial charge in [-0.05, 0) is 6.07 Å². The Morgan fingerprint density at radius 2 is 1.77 bits per heavy atom. The van der Waals surface area contributed by atoms with Crippen molar-refractivity contribution in [3.05, 3.63) is 17.7 Å². The van der Waals surface area contributed by atoms with Crippen LogP contribution < -0.4 is 20.9 Å². The van der Waals surface area contributed by atoms with E-state index in [9.17, 15) is 0 Å². The first kappa shape index (κ1) is 9.67. The fraction of sp³-hybridized carbons (Fsp3) is 0.333. The Balaban J connectivity index is 3.18. The normalized spacial score (nSPS) is 9.77. The molecule has 0 saturated heterocycles. The molecule has 0 atom stereocenters. The van der Waals surface area contributed by atoms with E-state index in [4.69, 9.17) is 20.9 Å². The van der Waals surface area contributed by atoms with Crippen molar-refractivity contribution in [3.8, 4) is 11.5 Å². The molecule has 0 fully saturated rings. The van der Waals surface area contributed by atoms with Gasteiger partial charge in [0, 0.05) is 18.2 Å². The molecule has 0 amide bonds. The quantitative estimate of drug-likeness (QED) is 0.676. The first-order chi connectivity index (χ1) is 6.22. The number of benzene rings is 1. The first-order valence-electron chi connectivity index (χ1n) is 3.93. The maximum Gasteiger partial charge on any atom is 0.142 e. The molecule has 4 heteroatoms. The second kappa shape index (κ2) is 4.00. The van der Waals surface area contributed by atoms with Gasteiger partial charge < -0.3 is 20.9 Å². The van der Waals surface area contributed by atoms with Crippen LogP contribution in [0.5, 0.6) is 11.5 Å². The highest BCUT2D eigenvalue weighted by Crippen LogP contribution is 2.30. The molecule has 0 aliphatic heterocycles. The van der Waals surface area contributed by atoms with Crippen LogP contribution in [-0.4, -0.2) is 14.2 Å². The standard InChI is InChI=1S/C9H14N2O2/c1-12-8-4-7(11)9(13-2)3-6(8)5-10/h3-4H,5,10-11H2,1-2H3. The lowest BCUT2D eigenvalue weighted by atomic mass is 10.1. The molecule has 1 aromatic rings. The molecule has 0 bridgehead atoms. The highest BCUT2D eigenvalue weighted by atomic mass is 16.5. The van der Waals surface area contributed by atoms with E-state index in [1.54, 1.807) is 26.4 Å². The molecule has 0 aliphatic rings. The minimum Gasteiger partial charge on any atom is -0.496 e. The van der Waals surface area contributed by atoms with Crippen molar-refractivity contribution in [1.29, 1.82) is 0 Å². The summed E-state index contributed by atoms with van der Waals surface area (Å²) in [7, 11) is 3.15. The van der Waals surface area contributed by atoms with Gasteiger partial charge in [0.1, 0.15) is 11.5 Å². The van der Waals surface area contributed by atoms with Gasteiger partial charge in [-0.1, -0.05) is 0 Å². The van der Waals surface area contributed by atoms with Crippen molar-refractivity contribution < 1.29 is 9.47 Å². The number of nitrogens with two attached hydrogens (primary N) is 2. The fourth-order valence-corrected chi connectivity index (χ4v) is 1.14. The number of hydrogen-bond acceptors (Lipinski definition) is 4. The predicted octanol–water partition coefficient (Wildman–Crippen LogP) is 0.745. The lowest BCUT2D eigenvalue weighted by Gasteiger charge is -2.10. The van der Waals surface area contributed by atoms with Gasteiger partial charge >= 0.3 is 0 Å². The molecule has 4 N–H and O–H groups in total. The first-order valence-corrected chi connectivity index (χ1v) is 3.93. The third-order valence-corrected chi connectivity index (χ3v) is 1.85. The number of methoxy groups -OCH3 is 2. The van der Waals surface area contributed by atoms with Crippen LogP contribution in [0.1, 0.15) is 5.56 Å². The molecule has 0 heterocycles. The number of rotatable bonds is 3. The largest absolute Gasteiger partial charge is 0.496 e. The molecule has 72 valence electrons. The van der Waals surface area contributed by atoms with Crippen molar-refractivity contribution >= 4 is 5.69 Å². The molecule has 0 saturated carbocycles. The topological polar surface area (TPSA) is 70.5 Å². The molecule has 0 aliphatic carbocycles. The van der Waals surface area contributed by atoms with Gasteiger partial charge in [0.2, 0.25) is 0 Å². The Morgan fingerprint density at radius 3 is 2.23 bits per heavy atom. The number of ether oxygens (including phenoxy) is 2. The third kappa shape index (κ3) is 1.84. The van der Waals surface area contributed by atoms with Gasteiger partial charge in [0.25, 0.3) is 0 Å². The molecule has 4 nitrogen and oxygen atoms in total. The van der Waals surface area contributed by atoms with Gasteiger partial charge in [0.15, 0.2) is 0 Å². The summed E-state index contributed by atoms with van der Waals surface area (Å²) < 4.78 is 10.2. The van der Waals surface area contributed by atoms with Gasteiger partial charge in [-0.15, -0.1) is 0 Å². The van der Waals surface area contributed by atoms with Crippen molar-refractivity contribution in [1.82, 2.24) is 0 Å². The minimum absolute atomic E-state index is 0.403. The zero-order chi connectivity index (χ0) is 9.84. The summed E-state index contributed by atoms with van der Waals surface area (Å²) in [4.78, 5) is 0. The Morgan fingerprint density at radius 1 is 1.15 bits per heavy atom. The smallest absolute Gasteiger partial charge is 0.142 e. The van der Waals surface area contributed by atoms with Crippen molar-refractivity contribution in [3.63, 3.8) is 0 Å². The SMILES string of the molecule is COc1cc(CN)c(OC)cc1N. The van der Waals surface area contributed by atoms with E-state index in [-0.39, 0.29) is 0 Å². The molecule has 0 unspecified atom stereocenters. The van der Waals surface area contributed by atoms with Crippen molar-refractivity contribution in [2.24, 2.45) is 5.73 Å². The summed E-state index contributed by atoms with van der Waals surface area (Å²) in [6, 6.07) is 3.50. The summed E-state index contributed by atoms with van der Waals surface area (Å²) in [6.07, 6.45) is 0. The zero-order valence-corrected chi connectivity index (χ0v) is 7.83. The van der Waals surface area contributed by atoms with E-state index >= 15 is 0 Å². The zero-order valence-electron chi connectivity index (χ0n) is 7.83. The molecule has 13 heavy (non-hydrogen) atoms. The summed E-state index contributed by atoms with van der Waals surface area (Å²) in [5.74, 6) is 1.32. The maximum absolute atomic E-state index is 5.69. The van der Waals surface area contributed by atoms with Crippen molar-refractivity contribution in [2.75, 3.05) is 20.0 Å². The van der Waals surface area contributed by atoms with Crippen LogP contribution in [0.25, 0.3) is 0 Å². The molecule has 0 spiro atoms. The van der Waals surface area contributed by atoms with E-state index in [0.717, 1.165) is 5.56 Å². The molecule has 1 aromatic carbocycles. The Bertz CT molecular complexity index is 300. The van der Waals surface area contributed by atoms with E-state index < -0.39 is 0 Å². The van der Waals surface area contributed by atoms with E-state index in [2.05, 4.69) is 0 Å². The highest BCUT2D eigenvalue weighted by molar-refractivity contribution is 5.59. The summed E-state index contributed by atoms with van der Waals surface area (Å²) >= 11 is 0. The van der Waals surface area contributed by atoms with Crippen LogP contribution in [0.4, 0.5) is 5.69 Å². The van der Waals surface area contributed by atoms with Crippen LogP contribution in [-0.2, 0) is 6.54 Å². The summed E-state index contributed by atoms with van der Waals surface area (Å²) in [5, 5.41) is 0. The van der Waals surface area contributed by atoms with Crippen LogP contribution in [0.15, 0.2) is 12.1 Å². The minimum atomic E-state index is 0.403. The Hall–Kier alpha value is -1.42.